The molecule has 0 spiro atoms. The number of rotatable bonds is 1. The number of nitrogens with one attached hydrogen (secondary N) is 1. The largest absolute Gasteiger partial charge is 0.282 e. The zero-order chi connectivity index (χ0) is 9.26. The van der Waals surface area contributed by atoms with Gasteiger partial charge in [0, 0.05) is 24.4 Å². The van der Waals surface area contributed by atoms with Gasteiger partial charge in [-0.3, -0.25) is 5.10 Å². The quantitative estimate of drug-likeness (QED) is 0.447. The molecule has 2 heterocycles. The molecule has 0 aromatic carbocycles. The van der Waals surface area contributed by atoms with E-state index in [0.717, 1.165) is 25.1 Å². The Morgan fingerprint density at radius 3 is 3.15 bits per heavy atom. The fourth-order valence-corrected chi connectivity index (χ4v) is 2.31. The van der Waals surface area contributed by atoms with Gasteiger partial charge >= 0.3 is 0 Å². The second kappa shape index (κ2) is 3.86. The third-order valence-electron chi connectivity index (χ3n) is 2.41. The molecule has 0 bridgehead atoms. The minimum atomic E-state index is -0.129. The van der Waals surface area contributed by atoms with Crippen LogP contribution in [0.25, 0.3) is 0 Å². The van der Waals surface area contributed by atoms with Crippen LogP contribution in [0, 0.1) is 0 Å². The second-order valence-corrected chi connectivity index (χ2v) is 4.14. The van der Waals surface area contributed by atoms with Crippen LogP contribution in [0.1, 0.15) is 24.5 Å². The van der Waals surface area contributed by atoms with Crippen LogP contribution < -0.4 is 0 Å². The number of piperidine rings is 1. The van der Waals surface area contributed by atoms with Gasteiger partial charge in [0.05, 0.1) is 0 Å². The summed E-state index contributed by atoms with van der Waals surface area (Å²) in [6, 6.07) is 1.95. The van der Waals surface area contributed by atoms with Crippen molar-refractivity contribution in [1.82, 2.24) is 14.6 Å². The molecular formula is C8H11Cl2N3. The van der Waals surface area contributed by atoms with Crippen molar-refractivity contribution in [2.45, 2.75) is 24.3 Å². The van der Waals surface area contributed by atoms with Gasteiger partial charge in [-0.25, -0.2) is 4.42 Å². The third-order valence-corrected chi connectivity index (χ3v) is 3.43. The average Bonchev–Trinajstić information content (AvgIpc) is 2.62. The van der Waals surface area contributed by atoms with E-state index in [2.05, 4.69) is 10.2 Å². The van der Waals surface area contributed by atoms with Crippen molar-refractivity contribution in [3.63, 3.8) is 0 Å². The summed E-state index contributed by atoms with van der Waals surface area (Å²) in [6.45, 7) is 0.861. The lowest BCUT2D eigenvalue weighted by Gasteiger charge is -2.32. The number of halogens is 2. The maximum absolute atomic E-state index is 6.17. The van der Waals surface area contributed by atoms with Gasteiger partial charge in [0.15, 0.2) is 0 Å². The first-order valence-corrected chi connectivity index (χ1v) is 5.12. The molecule has 0 radical (unpaired) electrons. The smallest absolute Gasteiger partial charge is 0.107 e. The van der Waals surface area contributed by atoms with E-state index in [4.69, 9.17) is 23.4 Å². The van der Waals surface area contributed by atoms with E-state index in [-0.39, 0.29) is 11.4 Å². The first-order valence-electron chi connectivity index (χ1n) is 4.35. The molecule has 1 aromatic rings. The lowest BCUT2D eigenvalue weighted by Crippen LogP contribution is -2.34. The molecule has 0 saturated carbocycles. The molecular weight excluding hydrogens is 209 g/mol. The molecule has 2 atom stereocenters. The number of hydrogen-bond acceptors (Lipinski definition) is 2. The number of aromatic amines is 1. The highest BCUT2D eigenvalue weighted by molar-refractivity contribution is 6.25. The van der Waals surface area contributed by atoms with Gasteiger partial charge < -0.3 is 0 Å². The first-order chi connectivity index (χ1) is 6.29. The zero-order valence-corrected chi connectivity index (χ0v) is 8.59. The van der Waals surface area contributed by atoms with E-state index in [0.29, 0.717) is 0 Å². The number of nitrogens with zero attached hydrogens (tertiary/aromatic N) is 2. The van der Waals surface area contributed by atoms with E-state index in [9.17, 15) is 0 Å². The average molecular weight is 220 g/mol. The molecule has 13 heavy (non-hydrogen) atoms. The van der Waals surface area contributed by atoms with Crippen molar-refractivity contribution in [1.29, 1.82) is 0 Å². The molecule has 1 N–H and O–H groups in total. The predicted molar refractivity (Wildman–Crippen MR) is 52.8 cm³/mol. The Morgan fingerprint density at radius 1 is 1.62 bits per heavy atom. The minimum Gasteiger partial charge on any atom is -0.282 e. The van der Waals surface area contributed by atoms with Crippen LogP contribution in [0.5, 0.6) is 0 Å². The first kappa shape index (κ1) is 9.31. The van der Waals surface area contributed by atoms with Gasteiger partial charge in [0.25, 0.3) is 0 Å². The predicted octanol–water partition coefficient (Wildman–Crippen LogP) is 2.31. The Bertz CT molecular complexity index is 262. The summed E-state index contributed by atoms with van der Waals surface area (Å²) in [6.07, 6.45) is 3.89. The van der Waals surface area contributed by atoms with Crippen LogP contribution in [0.15, 0.2) is 12.3 Å². The highest BCUT2D eigenvalue weighted by Gasteiger charge is 2.30. The summed E-state index contributed by atoms with van der Waals surface area (Å²) in [4.78, 5) is 0. The van der Waals surface area contributed by atoms with Gasteiger partial charge in [-0.2, -0.15) is 5.10 Å². The molecule has 0 aliphatic carbocycles. The Hall–Kier alpha value is -0.250. The number of hydrogen-bond donors (Lipinski definition) is 1. The molecule has 1 saturated heterocycles. The molecule has 2 rings (SSSR count). The lowest BCUT2D eigenvalue weighted by molar-refractivity contribution is 0.295. The van der Waals surface area contributed by atoms with Gasteiger partial charge in [-0.05, 0) is 30.7 Å². The van der Waals surface area contributed by atoms with Crippen LogP contribution in [0.3, 0.4) is 0 Å². The second-order valence-electron chi connectivity index (χ2n) is 3.26. The Kier molecular flexibility index (Phi) is 2.77. The number of H-pyrrole nitrogens is 1. The van der Waals surface area contributed by atoms with Gasteiger partial charge in [0.1, 0.15) is 5.50 Å². The maximum atomic E-state index is 6.17. The molecule has 3 nitrogen and oxygen atoms in total. The van der Waals surface area contributed by atoms with Crippen molar-refractivity contribution >= 4 is 23.4 Å². The maximum Gasteiger partial charge on any atom is 0.107 e. The monoisotopic (exact) mass is 219 g/mol. The summed E-state index contributed by atoms with van der Waals surface area (Å²) >= 11 is 12.1. The Balaban J connectivity index is 2.14. The fraction of sp³-hybridized carbons (Fsp3) is 0.625. The van der Waals surface area contributed by atoms with Gasteiger partial charge in [-0.1, -0.05) is 0 Å². The number of alkyl halides is 1. The van der Waals surface area contributed by atoms with Crippen LogP contribution in [0.2, 0.25) is 0 Å². The van der Waals surface area contributed by atoms with Crippen LogP contribution in [-0.2, 0) is 0 Å². The Morgan fingerprint density at radius 2 is 2.46 bits per heavy atom. The molecule has 5 heteroatoms. The highest BCUT2D eigenvalue weighted by atomic mass is 35.5. The lowest BCUT2D eigenvalue weighted by atomic mass is 9.96. The summed E-state index contributed by atoms with van der Waals surface area (Å²) < 4.78 is 1.66. The normalized spacial score (nSPS) is 30.6. The molecule has 1 fully saturated rings. The van der Waals surface area contributed by atoms with E-state index in [1.54, 1.807) is 10.6 Å². The zero-order valence-electron chi connectivity index (χ0n) is 7.08. The van der Waals surface area contributed by atoms with Crippen molar-refractivity contribution in [2.75, 3.05) is 6.54 Å². The number of aromatic nitrogens is 2. The molecule has 1 aliphatic heterocycles. The van der Waals surface area contributed by atoms with Crippen LogP contribution in [-0.4, -0.2) is 26.7 Å². The summed E-state index contributed by atoms with van der Waals surface area (Å²) in [5.74, 6) is 0.274. The third kappa shape index (κ3) is 1.82. The fourth-order valence-electron chi connectivity index (χ4n) is 1.70. The van der Waals surface area contributed by atoms with E-state index in [1.165, 1.54) is 0 Å². The van der Waals surface area contributed by atoms with Gasteiger partial charge in [0.2, 0.25) is 0 Å². The van der Waals surface area contributed by atoms with Crippen molar-refractivity contribution in [3.8, 4) is 0 Å². The Labute approximate surface area is 87.1 Å². The van der Waals surface area contributed by atoms with Gasteiger partial charge in [-0.15, -0.1) is 11.6 Å². The van der Waals surface area contributed by atoms with E-state index >= 15 is 0 Å². The molecule has 2 unspecified atom stereocenters. The van der Waals surface area contributed by atoms with E-state index in [1.807, 2.05) is 6.07 Å². The SMILES string of the molecule is ClC1C(c2ccn[nH]2)CCCN1Cl. The van der Waals surface area contributed by atoms with Crippen molar-refractivity contribution < 1.29 is 0 Å². The molecule has 0 amide bonds. The van der Waals surface area contributed by atoms with E-state index < -0.39 is 0 Å². The summed E-state index contributed by atoms with van der Waals surface area (Å²) in [5.41, 5.74) is 0.946. The van der Waals surface area contributed by atoms with Crippen molar-refractivity contribution in [3.05, 3.63) is 18.0 Å². The molecule has 1 aliphatic rings. The molecule has 1 aromatic heterocycles. The summed E-state index contributed by atoms with van der Waals surface area (Å²) in [5, 5.41) is 6.85. The highest BCUT2D eigenvalue weighted by Crippen LogP contribution is 2.34. The minimum absolute atomic E-state index is 0.129. The molecule has 72 valence electrons. The van der Waals surface area contributed by atoms with Crippen molar-refractivity contribution in [2.24, 2.45) is 0 Å². The summed E-state index contributed by atoms with van der Waals surface area (Å²) in [7, 11) is 0. The van der Waals surface area contributed by atoms with Crippen LogP contribution in [0.4, 0.5) is 0 Å². The van der Waals surface area contributed by atoms with Crippen LogP contribution >= 0.6 is 23.4 Å². The topological polar surface area (TPSA) is 31.9 Å². The standard InChI is InChI=1S/C8H11Cl2N3/c9-8-6(2-1-5-13(8)10)7-3-4-11-12-7/h3-4,6,8H,1-2,5H2,(H,11,12).